The monoisotopic (exact) mass is 297 g/mol. The average Bonchev–Trinajstić information content (AvgIpc) is 2.95. The van der Waals surface area contributed by atoms with E-state index in [2.05, 4.69) is 10.3 Å². The zero-order chi connectivity index (χ0) is 14.7. The number of hydrogen-bond donors (Lipinski definition) is 2. The summed E-state index contributed by atoms with van der Waals surface area (Å²) in [7, 11) is 1.53. The van der Waals surface area contributed by atoms with Crippen molar-refractivity contribution in [2.24, 2.45) is 0 Å². The van der Waals surface area contributed by atoms with Crippen molar-refractivity contribution < 1.29 is 19.5 Å². The molecule has 2 heterocycles. The van der Waals surface area contributed by atoms with Crippen LogP contribution in [0.2, 0.25) is 0 Å². The van der Waals surface area contributed by atoms with Crippen LogP contribution in [0.15, 0.2) is 5.38 Å². The first kappa shape index (κ1) is 14.4. The molecule has 20 heavy (non-hydrogen) atoms. The molecule has 7 nitrogen and oxygen atoms in total. The van der Waals surface area contributed by atoms with Crippen molar-refractivity contribution in [2.45, 2.75) is 25.3 Å². The first-order valence-electron chi connectivity index (χ1n) is 6.26. The summed E-state index contributed by atoms with van der Waals surface area (Å²) < 4.78 is 0. The van der Waals surface area contributed by atoms with E-state index in [4.69, 9.17) is 5.11 Å². The molecule has 1 aliphatic rings. The Labute approximate surface area is 119 Å². The number of likely N-dealkylation sites (N-methyl/N-ethyl adjacent to an activating group) is 1. The molecule has 2 N–H and O–H groups in total. The highest BCUT2D eigenvalue weighted by atomic mass is 32.1. The van der Waals surface area contributed by atoms with E-state index in [-0.39, 0.29) is 22.5 Å². The van der Waals surface area contributed by atoms with Gasteiger partial charge in [-0.2, -0.15) is 0 Å². The number of likely N-dealkylation sites (tertiary alicyclic amines) is 1. The maximum Gasteiger partial charge on any atom is 0.355 e. The van der Waals surface area contributed by atoms with Gasteiger partial charge < -0.3 is 15.3 Å². The summed E-state index contributed by atoms with van der Waals surface area (Å²) in [6.07, 6.45) is 2.33. The third kappa shape index (κ3) is 2.79. The molecule has 0 saturated carbocycles. The lowest BCUT2D eigenvalue weighted by molar-refractivity contribution is -0.126. The van der Waals surface area contributed by atoms with Gasteiger partial charge in [-0.15, -0.1) is 11.3 Å². The lowest BCUT2D eigenvalue weighted by Crippen LogP contribution is -2.51. The van der Waals surface area contributed by atoms with Gasteiger partial charge in [-0.3, -0.25) is 9.59 Å². The molecule has 1 aromatic rings. The normalized spacial score (nSPS) is 18.6. The Kier molecular flexibility index (Phi) is 4.33. The summed E-state index contributed by atoms with van der Waals surface area (Å²) in [5.41, 5.74) is -0.146. The molecule has 2 amide bonds. The maximum atomic E-state index is 12.4. The fraction of sp³-hybridized carbons (Fsp3) is 0.500. The van der Waals surface area contributed by atoms with Crippen molar-refractivity contribution >= 4 is 29.1 Å². The summed E-state index contributed by atoms with van der Waals surface area (Å²) in [6, 6.07) is -0.501. The summed E-state index contributed by atoms with van der Waals surface area (Å²) in [5, 5.41) is 12.8. The van der Waals surface area contributed by atoms with Crippen molar-refractivity contribution in [3.8, 4) is 0 Å². The molecule has 1 aromatic heterocycles. The van der Waals surface area contributed by atoms with Gasteiger partial charge in [0.1, 0.15) is 6.04 Å². The number of hydrogen-bond acceptors (Lipinski definition) is 5. The van der Waals surface area contributed by atoms with E-state index >= 15 is 0 Å². The summed E-state index contributed by atoms with van der Waals surface area (Å²) in [6.45, 7) is 0.485. The predicted molar refractivity (Wildman–Crippen MR) is 71.8 cm³/mol. The fourth-order valence-electron chi connectivity index (χ4n) is 2.21. The van der Waals surface area contributed by atoms with Gasteiger partial charge >= 0.3 is 5.97 Å². The largest absolute Gasteiger partial charge is 0.476 e. The number of carbonyl (C=O) groups is 3. The highest BCUT2D eigenvalue weighted by Crippen LogP contribution is 2.21. The van der Waals surface area contributed by atoms with Crippen molar-refractivity contribution in [2.75, 3.05) is 13.6 Å². The highest BCUT2D eigenvalue weighted by molar-refractivity contribution is 7.11. The maximum absolute atomic E-state index is 12.4. The number of aromatic carboxylic acids is 1. The van der Waals surface area contributed by atoms with Crippen LogP contribution >= 0.6 is 11.3 Å². The van der Waals surface area contributed by atoms with E-state index in [1.807, 2.05) is 0 Å². The number of carbonyl (C=O) groups excluding carboxylic acids is 2. The van der Waals surface area contributed by atoms with Gasteiger partial charge in [0, 0.05) is 19.0 Å². The molecule has 0 aromatic carbocycles. The van der Waals surface area contributed by atoms with Crippen molar-refractivity contribution in [3.63, 3.8) is 0 Å². The van der Waals surface area contributed by atoms with E-state index in [1.165, 1.54) is 17.3 Å². The third-order valence-corrected chi connectivity index (χ3v) is 4.05. The number of piperidine rings is 1. The van der Waals surface area contributed by atoms with Gasteiger partial charge in [0.2, 0.25) is 5.91 Å². The standard InChI is InChI=1S/C12H15N3O4S/c1-13-9(16)8-4-2-3-5-15(8)11(17)10-14-7(6-20-10)12(18)19/h6,8H,2-5H2,1H3,(H,13,16)(H,18,19). The predicted octanol–water partition coefficient (Wildman–Crippen LogP) is 0.582. The van der Waals surface area contributed by atoms with Crippen LogP contribution in [0.25, 0.3) is 0 Å². The Hall–Kier alpha value is -1.96. The molecule has 0 bridgehead atoms. The lowest BCUT2D eigenvalue weighted by atomic mass is 10.0. The number of thiazole rings is 1. The van der Waals surface area contributed by atoms with Gasteiger partial charge in [-0.25, -0.2) is 9.78 Å². The van der Waals surface area contributed by atoms with E-state index in [1.54, 1.807) is 0 Å². The fourth-order valence-corrected chi connectivity index (χ4v) is 2.95. The molecule has 1 saturated heterocycles. The molecule has 0 aliphatic carbocycles. The summed E-state index contributed by atoms with van der Waals surface area (Å²) in [5.74, 6) is -1.74. The van der Waals surface area contributed by atoms with Crippen LogP contribution < -0.4 is 5.32 Å². The minimum Gasteiger partial charge on any atom is -0.476 e. The second kappa shape index (κ2) is 6.00. The second-order valence-electron chi connectivity index (χ2n) is 4.47. The molecule has 2 rings (SSSR count). The van der Waals surface area contributed by atoms with Crippen LogP contribution in [0.4, 0.5) is 0 Å². The SMILES string of the molecule is CNC(=O)C1CCCCN1C(=O)c1nc(C(=O)O)cs1. The minimum atomic E-state index is -1.17. The molecule has 8 heteroatoms. The second-order valence-corrected chi connectivity index (χ2v) is 5.33. The Morgan fingerprint density at radius 2 is 2.20 bits per heavy atom. The number of nitrogens with zero attached hydrogens (tertiary/aromatic N) is 2. The molecular formula is C12H15N3O4S. The molecule has 0 spiro atoms. The van der Waals surface area contributed by atoms with Gasteiger partial charge in [-0.1, -0.05) is 0 Å². The lowest BCUT2D eigenvalue weighted by Gasteiger charge is -2.33. The topological polar surface area (TPSA) is 99.6 Å². The van der Waals surface area contributed by atoms with Crippen molar-refractivity contribution in [1.82, 2.24) is 15.2 Å². The number of rotatable bonds is 3. The van der Waals surface area contributed by atoms with Gasteiger partial charge in [0.05, 0.1) is 0 Å². The van der Waals surface area contributed by atoms with Crippen LogP contribution in [0.5, 0.6) is 0 Å². The highest BCUT2D eigenvalue weighted by Gasteiger charge is 2.33. The van der Waals surface area contributed by atoms with Crippen LogP contribution in [-0.2, 0) is 4.79 Å². The number of amides is 2. The number of carboxylic acids is 1. The van der Waals surface area contributed by atoms with E-state index in [0.29, 0.717) is 13.0 Å². The first-order valence-corrected chi connectivity index (χ1v) is 7.14. The minimum absolute atomic E-state index is 0.109. The molecular weight excluding hydrogens is 282 g/mol. The van der Waals surface area contributed by atoms with Crippen LogP contribution in [-0.4, -0.2) is 52.4 Å². The number of nitrogens with one attached hydrogen (secondary N) is 1. The first-order chi connectivity index (χ1) is 9.54. The van der Waals surface area contributed by atoms with Crippen LogP contribution in [0, 0.1) is 0 Å². The summed E-state index contributed by atoms with van der Waals surface area (Å²) >= 11 is 0.986. The quantitative estimate of drug-likeness (QED) is 0.850. The van der Waals surface area contributed by atoms with Crippen molar-refractivity contribution in [3.05, 3.63) is 16.1 Å². The van der Waals surface area contributed by atoms with Gasteiger partial charge in [0.25, 0.3) is 5.91 Å². The molecule has 1 aliphatic heterocycles. The average molecular weight is 297 g/mol. The molecule has 1 atom stereocenters. The van der Waals surface area contributed by atoms with Crippen molar-refractivity contribution in [1.29, 1.82) is 0 Å². The Morgan fingerprint density at radius 3 is 2.80 bits per heavy atom. The van der Waals surface area contributed by atoms with Crippen LogP contribution in [0.3, 0.4) is 0 Å². The molecule has 1 unspecified atom stereocenters. The van der Waals surface area contributed by atoms with E-state index in [9.17, 15) is 14.4 Å². The smallest absolute Gasteiger partial charge is 0.355 e. The third-order valence-electron chi connectivity index (χ3n) is 3.22. The molecule has 1 fully saturated rings. The summed E-state index contributed by atoms with van der Waals surface area (Å²) in [4.78, 5) is 40.2. The van der Waals surface area contributed by atoms with E-state index in [0.717, 1.165) is 24.2 Å². The zero-order valence-corrected chi connectivity index (χ0v) is 11.8. The van der Waals surface area contributed by atoms with E-state index < -0.39 is 12.0 Å². The Morgan fingerprint density at radius 1 is 1.45 bits per heavy atom. The Bertz CT molecular complexity index is 543. The van der Waals surface area contributed by atoms with Crippen LogP contribution in [0.1, 0.15) is 39.6 Å². The number of carboxylic acid groups (broad SMARTS) is 1. The Balaban J connectivity index is 2.20. The molecule has 108 valence electrons. The van der Waals surface area contributed by atoms with Gasteiger partial charge in [-0.05, 0) is 19.3 Å². The zero-order valence-electron chi connectivity index (χ0n) is 11.0. The molecule has 0 radical (unpaired) electrons. The van der Waals surface area contributed by atoms with Gasteiger partial charge in [0.15, 0.2) is 10.7 Å². The number of aromatic nitrogens is 1.